The van der Waals surface area contributed by atoms with Crippen molar-refractivity contribution >= 4 is 22.4 Å². The zero-order valence-electron chi connectivity index (χ0n) is 12.5. The molecule has 1 amide bonds. The molecule has 110 valence electrons. The van der Waals surface area contributed by atoms with E-state index in [2.05, 4.69) is 18.2 Å². The van der Waals surface area contributed by atoms with Crippen LogP contribution in [0.3, 0.4) is 0 Å². The van der Waals surface area contributed by atoms with Gasteiger partial charge in [-0.15, -0.1) is 0 Å². The van der Waals surface area contributed by atoms with Crippen LogP contribution in [0, 0.1) is 5.92 Å². The van der Waals surface area contributed by atoms with E-state index in [1.54, 1.807) is 0 Å². The van der Waals surface area contributed by atoms with Gasteiger partial charge in [0.2, 0.25) is 5.91 Å². The molecule has 1 aliphatic rings. The van der Waals surface area contributed by atoms with Crippen LogP contribution >= 0.6 is 0 Å². The smallest absolute Gasteiger partial charge is 0.230 e. The molecular formula is C18H22N2O. The highest BCUT2D eigenvalue weighted by molar-refractivity contribution is 6.04. The number of benzene rings is 2. The Kier molecular flexibility index (Phi) is 3.93. The quantitative estimate of drug-likeness (QED) is 0.938. The third kappa shape index (κ3) is 2.66. The Balaban J connectivity index is 1.96. The van der Waals surface area contributed by atoms with E-state index < -0.39 is 0 Å². The monoisotopic (exact) mass is 282 g/mol. The summed E-state index contributed by atoms with van der Waals surface area (Å²) in [6.07, 6.45) is 2.70. The fraction of sp³-hybridized carbons (Fsp3) is 0.389. The SMILES string of the molecule is CCN(C(=O)C1CCC(N)C1)c1cccc2ccccc12. The molecule has 0 aliphatic heterocycles. The second kappa shape index (κ2) is 5.86. The van der Waals surface area contributed by atoms with Crippen LogP contribution in [-0.2, 0) is 4.79 Å². The van der Waals surface area contributed by atoms with E-state index in [1.807, 2.05) is 36.1 Å². The van der Waals surface area contributed by atoms with Crippen LogP contribution in [0.25, 0.3) is 10.8 Å². The predicted octanol–water partition coefficient (Wildman–Crippen LogP) is 3.32. The minimum atomic E-state index is 0.0823. The minimum Gasteiger partial charge on any atom is -0.328 e. The summed E-state index contributed by atoms with van der Waals surface area (Å²) in [5, 5.41) is 2.31. The van der Waals surface area contributed by atoms with Crippen LogP contribution < -0.4 is 10.6 Å². The molecule has 3 heteroatoms. The summed E-state index contributed by atoms with van der Waals surface area (Å²) in [6, 6.07) is 14.6. The van der Waals surface area contributed by atoms with Crippen molar-refractivity contribution in [2.75, 3.05) is 11.4 Å². The van der Waals surface area contributed by atoms with Crippen molar-refractivity contribution in [2.24, 2.45) is 11.7 Å². The van der Waals surface area contributed by atoms with E-state index >= 15 is 0 Å². The molecular weight excluding hydrogens is 260 g/mol. The van der Waals surface area contributed by atoms with Crippen LogP contribution in [0.5, 0.6) is 0 Å². The van der Waals surface area contributed by atoms with Gasteiger partial charge in [0.15, 0.2) is 0 Å². The molecule has 0 aromatic heterocycles. The fourth-order valence-corrected chi connectivity index (χ4v) is 3.35. The lowest BCUT2D eigenvalue weighted by Crippen LogP contribution is -2.36. The molecule has 2 aromatic rings. The Bertz CT molecular complexity index is 647. The molecule has 1 fully saturated rings. The molecule has 2 N–H and O–H groups in total. The van der Waals surface area contributed by atoms with Gasteiger partial charge in [-0.25, -0.2) is 0 Å². The van der Waals surface area contributed by atoms with Gasteiger partial charge < -0.3 is 10.6 Å². The Morgan fingerprint density at radius 3 is 2.67 bits per heavy atom. The van der Waals surface area contributed by atoms with Gasteiger partial charge in [-0.05, 0) is 37.6 Å². The van der Waals surface area contributed by atoms with Crippen LogP contribution in [0.4, 0.5) is 5.69 Å². The van der Waals surface area contributed by atoms with Crippen molar-refractivity contribution < 1.29 is 4.79 Å². The Labute approximate surface area is 125 Å². The van der Waals surface area contributed by atoms with Crippen molar-refractivity contribution in [3.63, 3.8) is 0 Å². The number of amides is 1. The summed E-state index contributed by atoms with van der Waals surface area (Å²) in [4.78, 5) is 14.8. The summed E-state index contributed by atoms with van der Waals surface area (Å²) in [6.45, 7) is 2.73. The zero-order valence-corrected chi connectivity index (χ0v) is 12.5. The number of hydrogen-bond acceptors (Lipinski definition) is 2. The predicted molar refractivity (Wildman–Crippen MR) is 87.3 cm³/mol. The molecule has 1 saturated carbocycles. The zero-order chi connectivity index (χ0) is 14.8. The first-order chi connectivity index (χ1) is 10.2. The number of hydrogen-bond donors (Lipinski definition) is 1. The van der Waals surface area contributed by atoms with Crippen molar-refractivity contribution in [3.05, 3.63) is 42.5 Å². The molecule has 2 unspecified atom stereocenters. The number of carbonyl (C=O) groups excluding carboxylic acids is 1. The van der Waals surface area contributed by atoms with E-state index in [1.165, 1.54) is 5.39 Å². The first-order valence-corrected chi connectivity index (χ1v) is 7.75. The number of rotatable bonds is 3. The molecule has 0 radical (unpaired) electrons. The highest BCUT2D eigenvalue weighted by Gasteiger charge is 2.31. The van der Waals surface area contributed by atoms with Gasteiger partial charge in [-0.3, -0.25) is 4.79 Å². The van der Waals surface area contributed by atoms with Crippen molar-refractivity contribution in [2.45, 2.75) is 32.2 Å². The van der Waals surface area contributed by atoms with Gasteiger partial charge in [0, 0.05) is 23.9 Å². The van der Waals surface area contributed by atoms with E-state index in [9.17, 15) is 4.79 Å². The van der Waals surface area contributed by atoms with Crippen molar-refractivity contribution in [1.29, 1.82) is 0 Å². The summed E-state index contributed by atoms with van der Waals surface area (Å²) in [5.74, 6) is 0.306. The maximum absolute atomic E-state index is 12.8. The second-order valence-corrected chi connectivity index (χ2v) is 5.85. The van der Waals surface area contributed by atoms with E-state index in [4.69, 9.17) is 5.73 Å². The van der Waals surface area contributed by atoms with Crippen LogP contribution in [0.15, 0.2) is 42.5 Å². The average Bonchev–Trinajstić information content (AvgIpc) is 2.95. The summed E-state index contributed by atoms with van der Waals surface area (Å²) in [7, 11) is 0. The minimum absolute atomic E-state index is 0.0823. The number of anilines is 1. The topological polar surface area (TPSA) is 46.3 Å². The lowest BCUT2D eigenvalue weighted by Gasteiger charge is -2.25. The van der Waals surface area contributed by atoms with Gasteiger partial charge in [0.25, 0.3) is 0 Å². The fourth-order valence-electron chi connectivity index (χ4n) is 3.35. The molecule has 0 bridgehead atoms. The van der Waals surface area contributed by atoms with Gasteiger partial charge in [-0.1, -0.05) is 36.4 Å². The largest absolute Gasteiger partial charge is 0.328 e. The molecule has 21 heavy (non-hydrogen) atoms. The van der Waals surface area contributed by atoms with E-state index in [0.29, 0.717) is 6.54 Å². The summed E-state index contributed by atoms with van der Waals surface area (Å²) >= 11 is 0. The Hall–Kier alpha value is -1.87. The summed E-state index contributed by atoms with van der Waals surface area (Å²) in [5.41, 5.74) is 6.98. The average molecular weight is 282 g/mol. The van der Waals surface area contributed by atoms with Gasteiger partial charge in [0.05, 0.1) is 5.69 Å². The summed E-state index contributed by atoms with van der Waals surface area (Å²) < 4.78 is 0. The highest BCUT2D eigenvalue weighted by atomic mass is 16.2. The Morgan fingerprint density at radius 2 is 1.95 bits per heavy atom. The van der Waals surface area contributed by atoms with Gasteiger partial charge >= 0.3 is 0 Å². The third-order valence-corrected chi connectivity index (χ3v) is 4.46. The standard InChI is InChI=1S/C18H22N2O/c1-2-20(18(21)14-10-11-15(19)12-14)17-9-5-7-13-6-3-4-8-16(13)17/h3-9,14-15H,2,10-12,19H2,1H3. The number of nitrogens with zero attached hydrogens (tertiary/aromatic N) is 1. The first kappa shape index (κ1) is 14.1. The normalized spacial score (nSPS) is 21.6. The molecule has 2 aromatic carbocycles. The van der Waals surface area contributed by atoms with E-state index in [-0.39, 0.29) is 17.9 Å². The number of nitrogens with two attached hydrogens (primary N) is 1. The van der Waals surface area contributed by atoms with E-state index in [0.717, 1.165) is 30.3 Å². The lowest BCUT2D eigenvalue weighted by molar-refractivity contribution is -0.122. The molecule has 1 aliphatic carbocycles. The van der Waals surface area contributed by atoms with Crippen LogP contribution in [-0.4, -0.2) is 18.5 Å². The molecule has 3 rings (SSSR count). The van der Waals surface area contributed by atoms with Gasteiger partial charge in [0.1, 0.15) is 0 Å². The Morgan fingerprint density at radius 1 is 1.19 bits per heavy atom. The van der Waals surface area contributed by atoms with Crippen LogP contribution in [0.2, 0.25) is 0 Å². The van der Waals surface area contributed by atoms with Crippen molar-refractivity contribution in [1.82, 2.24) is 0 Å². The maximum Gasteiger partial charge on any atom is 0.230 e. The highest BCUT2D eigenvalue weighted by Crippen LogP contribution is 2.31. The molecule has 0 spiro atoms. The molecule has 0 saturated heterocycles. The second-order valence-electron chi connectivity index (χ2n) is 5.85. The lowest BCUT2D eigenvalue weighted by atomic mass is 10.0. The molecule has 0 heterocycles. The maximum atomic E-state index is 12.8. The number of carbonyl (C=O) groups is 1. The van der Waals surface area contributed by atoms with Crippen LogP contribution in [0.1, 0.15) is 26.2 Å². The third-order valence-electron chi connectivity index (χ3n) is 4.46. The van der Waals surface area contributed by atoms with Crippen molar-refractivity contribution in [3.8, 4) is 0 Å². The first-order valence-electron chi connectivity index (χ1n) is 7.75. The number of fused-ring (bicyclic) bond motifs is 1. The molecule has 2 atom stereocenters. The van der Waals surface area contributed by atoms with Gasteiger partial charge in [-0.2, -0.15) is 0 Å². The molecule has 3 nitrogen and oxygen atoms in total.